The number of nitrogens with zero attached hydrogens (tertiary/aromatic N) is 1. The molecule has 0 fully saturated rings. The minimum absolute atomic E-state index is 0.105. The van der Waals surface area contributed by atoms with Crippen LogP contribution in [0.2, 0.25) is 5.02 Å². The van der Waals surface area contributed by atoms with Gasteiger partial charge in [-0.25, -0.2) is 0 Å². The van der Waals surface area contributed by atoms with Crippen molar-refractivity contribution in [3.05, 3.63) is 107 Å². The number of aromatic amines is 1. The van der Waals surface area contributed by atoms with E-state index in [1.54, 1.807) is 30.5 Å². The third kappa shape index (κ3) is 3.95. The maximum absolute atomic E-state index is 12.7. The summed E-state index contributed by atoms with van der Waals surface area (Å²) in [6.45, 7) is 0. The van der Waals surface area contributed by atoms with Crippen LogP contribution in [0, 0.1) is 0 Å². The van der Waals surface area contributed by atoms with Gasteiger partial charge in [-0.1, -0.05) is 60.1 Å². The number of hydrogen-bond donors (Lipinski definition) is 1. The zero-order chi connectivity index (χ0) is 19.3. The van der Waals surface area contributed by atoms with Gasteiger partial charge in [-0.05, 0) is 42.0 Å². The normalized spacial score (nSPS) is 11.6. The van der Waals surface area contributed by atoms with Crippen LogP contribution < -0.4 is 0 Å². The molecule has 1 N–H and O–H groups in total. The van der Waals surface area contributed by atoms with Gasteiger partial charge in [-0.3, -0.25) is 9.79 Å². The van der Waals surface area contributed by atoms with Crippen molar-refractivity contribution in [2.75, 3.05) is 0 Å². The third-order valence-electron chi connectivity index (χ3n) is 4.41. The number of carbonyl (C=O) groups is 1. The quantitative estimate of drug-likeness (QED) is 0.239. The van der Waals surface area contributed by atoms with Gasteiger partial charge in [-0.15, -0.1) is 0 Å². The molecule has 0 spiro atoms. The maximum Gasteiger partial charge on any atom is 0.188 e. The van der Waals surface area contributed by atoms with Gasteiger partial charge in [0.25, 0.3) is 0 Å². The number of carbonyl (C=O) groups excluding carboxylic acids is 1. The van der Waals surface area contributed by atoms with Crippen LogP contribution in [0.5, 0.6) is 0 Å². The predicted octanol–water partition coefficient (Wildman–Crippen LogP) is 6.47. The highest BCUT2D eigenvalue weighted by atomic mass is 35.5. The molecular weight excluding hydrogens is 368 g/mol. The Morgan fingerprint density at radius 2 is 1.79 bits per heavy atom. The lowest BCUT2D eigenvalue weighted by Gasteiger charge is -2.02. The molecule has 136 valence electrons. The highest BCUT2D eigenvalue weighted by molar-refractivity contribution is 6.30. The fourth-order valence-electron chi connectivity index (χ4n) is 3.01. The van der Waals surface area contributed by atoms with Crippen LogP contribution in [-0.2, 0) is 0 Å². The van der Waals surface area contributed by atoms with E-state index in [0.29, 0.717) is 16.3 Å². The second-order valence-corrected chi connectivity index (χ2v) is 6.75. The van der Waals surface area contributed by atoms with E-state index in [0.717, 1.165) is 22.0 Å². The van der Waals surface area contributed by atoms with E-state index in [9.17, 15) is 4.79 Å². The zero-order valence-corrected chi connectivity index (χ0v) is 15.7. The summed E-state index contributed by atoms with van der Waals surface area (Å²) in [5.74, 6) is -0.105. The van der Waals surface area contributed by atoms with Crippen molar-refractivity contribution in [3.8, 4) is 0 Å². The Kier molecular flexibility index (Phi) is 5.18. The Labute approximate surface area is 168 Å². The molecule has 0 aliphatic carbocycles. The van der Waals surface area contributed by atoms with Gasteiger partial charge < -0.3 is 4.98 Å². The molecule has 3 aromatic carbocycles. The van der Waals surface area contributed by atoms with Gasteiger partial charge in [0.15, 0.2) is 5.78 Å². The first-order chi connectivity index (χ1) is 13.7. The lowest BCUT2D eigenvalue weighted by atomic mass is 10.1. The van der Waals surface area contributed by atoms with E-state index in [1.807, 2.05) is 66.9 Å². The Bertz CT molecular complexity index is 1200. The smallest absolute Gasteiger partial charge is 0.188 e. The number of rotatable bonds is 5. The largest absolute Gasteiger partial charge is 0.361 e. The molecule has 0 amide bonds. The monoisotopic (exact) mass is 384 g/mol. The molecule has 1 aromatic heterocycles. The zero-order valence-electron chi connectivity index (χ0n) is 15.0. The molecule has 0 aliphatic heterocycles. The number of nitrogens with one attached hydrogen (secondary N) is 1. The highest BCUT2D eigenvalue weighted by Gasteiger charge is 2.08. The molecule has 0 radical (unpaired) electrons. The van der Waals surface area contributed by atoms with Crippen LogP contribution in [0.4, 0.5) is 5.69 Å². The molecule has 0 saturated heterocycles. The first-order valence-electron chi connectivity index (χ1n) is 8.88. The van der Waals surface area contributed by atoms with Crippen molar-refractivity contribution in [3.63, 3.8) is 0 Å². The third-order valence-corrected chi connectivity index (χ3v) is 4.64. The second kappa shape index (κ2) is 8.07. The lowest BCUT2D eigenvalue weighted by molar-refractivity contribution is 0.104. The Balaban J connectivity index is 1.60. The summed E-state index contributed by atoms with van der Waals surface area (Å²) in [6, 6.07) is 22.7. The number of benzene rings is 3. The number of aromatic nitrogens is 1. The summed E-state index contributed by atoms with van der Waals surface area (Å²) in [7, 11) is 0. The van der Waals surface area contributed by atoms with Crippen LogP contribution in [-0.4, -0.2) is 17.0 Å². The van der Waals surface area contributed by atoms with Crippen molar-refractivity contribution in [1.82, 2.24) is 4.98 Å². The van der Waals surface area contributed by atoms with Gasteiger partial charge >= 0.3 is 0 Å². The van der Waals surface area contributed by atoms with Crippen LogP contribution in [0.1, 0.15) is 21.5 Å². The fraction of sp³-hybridized carbons (Fsp3) is 0. The van der Waals surface area contributed by atoms with Crippen LogP contribution in [0.3, 0.4) is 0 Å². The number of para-hydroxylation sites is 2. The number of fused-ring (bicyclic) bond motifs is 1. The Morgan fingerprint density at radius 1 is 0.964 bits per heavy atom. The van der Waals surface area contributed by atoms with Gasteiger partial charge in [0.1, 0.15) is 0 Å². The summed E-state index contributed by atoms with van der Waals surface area (Å²) in [6.07, 6.45) is 7.00. The summed E-state index contributed by atoms with van der Waals surface area (Å²) < 4.78 is 0. The van der Waals surface area contributed by atoms with Gasteiger partial charge in [0, 0.05) is 39.5 Å². The first-order valence-corrected chi connectivity index (χ1v) is 9.26. The molecule has 0 bridgehead atoms. The lowest BCUT2D eigenvalue weighted by Crippen LogP contribution is -1.94. The van der Waals surface area contributed by atoms with E-state index in [4.69, 9.17) is 11.6 Å². The molecule has 0 atom stereocenters. The molecular formula is C24H17ClN2O. The summed E-state index contributed by atoms with van der Waals surface area (Å²) >= 11 is 5.99. The summed E-state index contributed by atoms with van der Waals surface area (Å²) in [5, 5.41) is 1.73. The number of H-pyrrole nitrogens is 1. The SMILES string of the molecule is O=C(/C=C\c1cccc(Cl)c1)c1ccccc1N=Cc1c[nH]c2ccccc12. The minimum atomic E-state index is -0.105. The van der Waals surface area contributed by atoms with Crippen LogP contribution in [0.15, 0.2) is 90.1 Å². The topological polar surface area (TPSA) is 45.2 Å². The van der Waals surface area contributed by atoms with E-state index < -0.39 is 0 Å². The summed E-state index contributed by atoms with van der Waals surface area (Å²) in [5.41, 5.74) is 4.09. The Morgan fingerprint density at radius 3 is 2.68 bits per heavy atom. The molecule has 0 saturated carbocycles. The van der Waals surface area contributed by atoms with Gasteiger partial charge in [0.2, 0.25) is 0 Å². The highest BCUT2D eigenvalue weighted by Crippen LogP contribution is 2.22. The van der Waals surface area contributed by atoms with E-state index in [2.05, 4.69) is 9.98 Å². The van der Waals surface area contributed by atoms with Crippen molar-refractivity contribution in [1.29, 1.82) is 0 Å². The molecule has 4 rings (SSSR count). The van der Waals surface area contributed by atoms with E-state index >= 15 is 0 Å². The fourth-order valence-corrected chi connectivity index (χ4v) is 3.21. The van der Waals surface area contributed by atoms with Crippen LogP contribution >= 0.6 is 11.6 Å². The number of hydrogen-bond acceptors (Lipinski definition) is 2. The van der Waals surface area contributed by atoms with Crippen molar-refractivity contribution < 1.29 is 4.79 Å². The molecule has 0 aliphatic rings. The van der Waals surface area contributed by atoms with E-state index in [1.165, 1.54) is 0 Å². The minimum Gasteiger partial charge on any atom is -0.361 e. The molecule has 0 unspecified atom stereocenters. The number of allylic oxidation sites excluding steroid dienone is 1. The van der Waals surface area contributed by atoms with Gasteiger partial charge in [0.05, 0.1) is 5.69 Å². The predicted molar refractivity (Wildman–Crippen MR) is 117 cm³/mol. The number of halogens is 1. The molecule has 4 aromatic rings. The maximum atomic E-state index is 12.7. The summed E-state index contributed by atoms with van der Waals surface area (Å²) in [4.78, 5) is 20.5. The number of ketones is 1. The van der Waals surface area contributed by atoms with Gasteiger partial charge in [-0.2, -0.15) is 0 Å². The first kappa shape index (κ1) is 18.0. The van der Waals surface area contributed by atoms with Crippen molar-refractivity contribution in [2.45, 2.75) is 0 Å². The van der Waals surface area contributed by atoms with Crippen molar-refractivity contribution >= 4 is 46.3 Å². The molecule has 1 heterocycles. The standard InChI is InChI=1S/C24H17ClN2O/c25-19-7-5-6-17(14-19)12-13-24(28)21-9-2-4-11-23(21)27-16-18-15-26-22-10-3-1-8-20(18)22/h1-16,26H/b13-12-,27-16?. The molecule has 3 nitrogen and oxygen atoms in total. The average Bonchev–Trinajstić information content (AvgIpc) is 3.14. The second-order valence-electron chi connectivity index (χ2n) is 6.32. The number of aliphatic imine (C=N–C) groups is 1. The molecule has 28 heavy (non-hydrogen) atoms. The average molecular weight is 385 g/mol. The van der Waals surface area contributed by atoms with Crippen molar-refractivity contribution in [2.24, 2.45) is 4.99 Å². The van der Waals surface area contributed by atoms with E-state index in [-0.39, 0.29) is 5.78 Å². The Hall–Kier alpha value is -3.43. The van der Waals surface area contributed by atoms with Crippen LogP contribution in [0.25, 0.3) is 17.0 Å². The molecule has 4 heteroatoms.